The van der Waals surface area contributed by atoms with Crippen molar-refractivity contribution in [3.63, 3.8) is 0 Å². The number of nitrogens with zero attached hydrogens (tertiary/aromatic N) is 1. The molecule has 2 unspecified atom stereocenters. The molecule has 1 fully saturated rings. The highest BCUT2D eigenvalue weighted by molar-refractivity contribution is 6.00. The molecule has 0 spiro atoms. The maximum atomic E-state index is 12.8. The number of rotatable bonds is 1. The number of benzene rings is 1. The van der Waals surface area contributed by atoms with Crippen LogP contribution in [-0.2, 0) is 9.59 Å². The van der Waals surface area contributed by atoms with E-state index in [1.807, 2.05) is 6.07 Å². The number of hydrogen-bond acceptors (Lipinski definition) is 3. The van der Waals surface area contributed by atoms with Gasteiger partial charge in [-0.1, -0.05) is 12.1 Å². The van der Waals surface area contributed by atoms with Gasteiger partial charge in [0.1, 0.15) is 11.7 Å². The number of carbonyl (C=O) groups excluding carboxylic acids is 2. The third kappa shape index (κ3) is 2.16. The van der Waals surface area contributed by atoms with Gasteiger partial charge in [-0.3, -0.25) is 14.9 Å². The first-order chi connectivity index (χ1) is 8.11. The monoisotopic (exact) mass is 232 g/mol. The van der Waals surface area contributed by atoms with Crippen molar-refractivity contribution in [3.05, 3.63) is 35.6 Å². The summed E-state index contributed by atoms with van der Waals surface area (Å²) in [5, 5.41) is 11.1. The van der Waals surface area contributed by atoms with E-state index in [1.165, 1.54) is 24.3 Å². The van der Waals surface area contributed by atoms with Gasteiger partial charge in [0.2, 0.25) is 11.8 Å². The second-order valence-electron chi connectivity index (χ2n) is 3.88. The number of halogens is 1. The van der Waals surface area contributed by atoms with Gasteiger partial charge in [0.15, 0.2) is 0 Å². The molecule has 0 saturated carbocycles. The van der Waals surface area contributed by atoms with Crippen LogP contribution < -0.4 is 5.32 Å². The van der Waals surface area contributed by atoms with Gasteiger partial charge in [0.25, 0.3) is 0 Å². The minimum Gasteiger partial charge on any atom is -0.295 e. The summed E-state index contributed by atoms with van der Waals surface area (Å²) < 4.78 is 12.8. The minimum absolute atomic E-state index is 0.0651. The van der Waals surface area contributed by atoms with E-state index in [-0.39, 0.29) is 6.42 Å². The normalized spacial score (nSPS) is 24.0. The molecule has 1 N–H and O–H groups in total. The summed E-state index contributed by atoms with van der Waals surface area (Å²) in [7, 11) is 0. The molecule has 1 aromatic carbocycles. The van der Waals surface area contributed by atoms with E-state index in [2.05, 4.69) is 5.32 Å². The molecule has 0 radical (unpaired) electrons. The Bertz CT molecular complexity index is 504. The molecule has 1 saturated heterocycles. The van der Waals surface area contributed by atoms with E-state index >= 15 is 0 Å². The van der Waals surface area contributed by atoms with Crippen LogP contribution in [-0.4, -0.2) is 11.8 Å². The van der Waals surface area contributed by atoms with Crippen molar-refractivity contribution in [2.24, 2.45) is 5.92 Å². The van der Waals surface area contributed by atoms with Gasteiger partial charge in [-0.05, 0) is 17.7 Å². The van der Waals surface area contributed by atoms with Gasteiger partial charge in [0.05, 0.1) is 6.07 Å². The molecule has 1 aliphatic heterocycles. The number of imide groups is 1. The number of nitriles is 1. The van der Waals surface area contributed by atoms with E-state index in [4.69, 9.17) is 5.26 Å². The van der Waals surface area contributed by atoms with Crippen molar-refractivity contribution >= 4 is 11.8 Å². The van der Waals surface area contributed by atoms with Crippen LogP contribution in [0, 0.1) is 23.1 Å². The number of hydrogen-bond donors (Lipinski definition) is 1. The molecule has 0 bridgehead atoms. The first-order valence-corrected chi connectivity index (χ1v) is 5.10. The van der Waals surface area contributed by atoms with Gasteiger partial charge in [-0.25, -0.2) is 4.39 Å². The molecule has 4 nitrogen and oxygen atoms in total. The second kappa shape index (κ2) is 4.34. The van der Waals surface area contributed by atoms with Crippen molar-refractivity contribution in [2.75, 3.05) is 0 Å². The molecule has 2 rings (SSSR count). The lowest BCUT2D eigenvalue weighted by Gasteiger charge is -2.25. The van der Waals surface area contributed by atoms with Crippen LogP contribution in [0.25, 0.3) is 0 Å². The number of nitrogens with one attached hydrogen (secondary N) is 1. The molecule has 17 heavy (non-hydrogen) atoms. The molecule has 0 aliphatic carbocycles. The highest BCUT2D eigenvalue weighted by atomic mass is 19.1. The minimum atomic E-state index is -0.904. The van der Waals surface area contributed by atoms with E-state index in [0.29, 0.717) is 5.56 Å². The van der Waals surface area contributed by atoms with Crippen molar-refractivity contribution in [3.8, 4) is 6.07 Å². The van der Waals surface area contributed by atoms with Crippen LogP contribution >= 0.6 is 0 Å². The van der Waals surface area contributed by atoms with Crippen molar-refractivity contribution in [1.29, 1.82) is 5.26 Å². The van der Waals surface area contributed by atoms with Gasteiger partial charge in [-0.2, -0.15) is 5.26 Å². The number of piperidine rings is 1. The smallest absolute Gasteiger partial charge is 0.244 e. The quantitative estimate of drug-likeness (QED) is 0.737. The first kappa shape index (κ1) is 11.3. The highest BCUT2D eigenvalue weighted by Crippen LogP contribution is 2.30. The van der Waals surface area contributed by atoms with Crippen LogP contribution in [0.3, 0.4) is 0 Å². The lowest BCUT2D eigenvalue weighted by Crippen LogP contribution is -2.44. The zero-order chi connectivity index (χ0) is 12.4. The summed E-state index contributed by atoms with van der Waals surface area (Å²) in [6.45, 7) is 0. The predicted molar refractivity (Wildman–Crippen MR) is 56.0 cm³/mol. The molecule has 86 valence electrons. The molecular weight excluding hydrogens is 223 g/mol. The third-order valence-electron chi connectivity index (χ3n) is 2.79. The lowest BCUT2D eigenvalue weighted by atomic mass is 9.81. The summed E-state index contributed by atoms with van der Waals surface area (Å²) in [5.74, 6) is -2.79. The Morgan fingerprint density at radius 1 is 1.29 bits per heavy atom. The summed E-state index contributed by atoms with van der Waals surface area (Å²) in [4.78, 5) is 22.7. The second-order valence-corrected chi connectivity index (χ2v) is 3.88. The summed E-state index contributed by atoms with van der Waals surface area (Å²) in [5.41, 5.74) is 0.626. The Morgan fingerprint density at radius 2 is 1.94 bits per heavy atom. The van der Waals surface area contributed by atoms with Crippen molar-refractivity contribution < 1.29 is 14.0 Å². The maximum Gasteiger partial charge on any atom is 0.244 e. The topological polar surface area (TPSA) is 70.0 Å². The molecule has 5 heteroatoms. The van der Waals surface area contributed by atoms with Crippen LogP contribution in [0.15, 0.2) is 24.3 Å². The SMILES string of the molecule is N#CC1C(=O)NC(=O)CC1c1ccc(F)cc1. The molecule has 1 aliphatic rings. The third-order valence-corrected chi connectivity index (χ3v) is 2.79. The van der Waals surface area contributed by atoms with Crippen LogP contribution in [0.2, 0.25) is 0 Å². The zero-order valence-corrected chi connectivity index (χ0v) is 8.81. The van der Waals surface area contributed by atoms with Crippen LogP contribution in [0.5, 0.6) is 0 Å². The molecule has 2 atom stereocenters. The molecule has 2 amide bonds. The molecule has 1 heterocycles. The summed E-state index contributed by atoms with van der Waals surface area (Å²) >= 11 is 0. The van der Waals surface area contributed by atoms with E-state index in [9.17, 15) is 14.0 Å². The number of carbonyl (C=O) groups is 2. The Labute approximate surface area is 97.0 Å². The summed E-state index contributed by atoms with van der Waals surface area (Å²) in [6, 6.07) is 7.37. The fourth-order valence-corrected chi connectivity index (χ4v) is 1.94. The molecular formula is C12H9FN2O2. The highest BCUT2D eigenvalue weighted by Gasteiger charge is 2.36. The Balaban J connectivity index is 2.34. The molecule has 1 aromatic rings. The van der Waals surface area contributed by atoms with Crippen LogP contribution in [0.4, 0.5) is 4.39 Å². The average molecular weight is 232 g/mol. The largest absolute Gasteiger partial charge is 0.295 e. The maximum absolute atomic E-state index is 12.8. The van der Waals surface area contributed by atoms with Crippen LogP contribution in [0.1, 0.15) is 17.9 Å². The van der Waals surface area contributed by atoms with E-state index < -0.39 is 29.5 Å². The fourth-order valence-electron chi connectivity index (χ4n) is 1.94. The zero-order valence-electron chi connectivity index (χ0n) is 8.81. The standard InChI is InChI=1S/C12H9FN2O2/c13-8-3-1-7(2-4-8)9-5-11(16)15-12(17)10(9)6-14/h1-4,9-10H,5H2,(H,15,16,17). The van der Waals surface area contributed by atoms with Crippen molar-refractivity contribution in [1.82, 2.24) is 5.32 Å². The average Bonchev–Trinajstić information content (AvgIpc) is 2.29. The summed E-state index contributed by atoms with van der Waals surface area (Å²) in [6.07, 6.45) is 0.0651. The van der Waals surface area contributed by atoms with Gasteiger partial charge in [-0.15, -0.1) is 0 Å². The van der Waals surface area contributed by atoms with Gasteiger partial charge < -0.3 is 0 Å². The number of amides is 2. The Hall–Kier alpha value is -2.22. The first-order valence-electron chi connectivity index (χ1n) is 5.10. The molecule has 0 aromatic heterocycles. The Morgan fingerprint density at radius 3 is 2.53 bits per heavy atom. The lowest BCUT2D eigenvalue weighted by molar-refractivity contribution is -0.135. The van der Waals surface area contributed by atoms with Crippen molar-refractivity contribution in [2.45, 2.75) is 12.3 Å². The van der Waals surface area contributed by atoms with E-state index in [0.717, 1.165) is 0 Å². The fraction of sp³-hybridized carbons (Fsp3) is 0.250. The Kier molecular flexibility index (Phi) is 2.88. The van der Waals surface area contributed by atoms with Gasteiger partial charge in [0, 0.05) is 12.3 Å². The predicted octanol–water partition coefficient (Wildman–Crippen LogP) is 1.10. The van der Waals surface area contributed by atoms with Gasteiger partial charge >= 0.3 is 0 Å². The van der Waals surface area contributed by atoms with E-state index in [1.54, 1.807) is 0 Å².